The molecule has 2 heterocycles. The van der Waals surface area contributed by atoms with Gasteiger partial charge in [-0.15, -0.1) is 0 Å². The number of ether oxygens (including phenoxy) is 4. The van der Waals surface area contributed by atoms with Crippen molar-refractivity contribution < 1.29 is 23.4 Å². The Kier molecular flexibility index (Phi) is 4.22. The van der Waals surface area contributed by atoms with Crippen molar-refractivity contribution >= 4 is 0 Å². The standard InChI is InChI=1S/C22H28NO4/c1-23(2)17-7-13-9-19(24-3)21(26-5)11-15(13)18(23)8-14-10-20(25-4)22(27-6)12-16(14)17/h9-12,17-18H,7-8H2,1-6H3/q+1/t17-,18-/m0/s1. The molecule has 0 amide bonds. The van der Waals surface area contributed by atoms with Gasteiger partial charge in [-0.2, -0.15) is 0 Å². The molecule has 2 bridgehead atoms. The van der Waals surface area contributed by atoms with Crippen LogP contribution in [0.1, 0.15) is 34.3 Å². The normalized spacial score (nSPS) is 21.7. The van der Waals surface area contributed by atoms with Crippen LogP contribution in [0.3, 0.4) is 0 Å². The molecular formula is C22H28NO4+. The Morgan fingerprint density at radius 1 is 0.630 bits per heavy atom. The second kappa shape index (κ2) is 6.34. The molecule has 4 rings (SSSR count). The van der Waals surface area contributed by atoms with Crippen molar-refractivity contribution in [1.82, 2.24) is 0 Å². The van der Waals surface area contributed by atoms with Crippen LogP contribution in [-0.4, -0.2) is 47.0 Å². The predicted octanol–water partition coefficient (Wildman–Crippen LogP) is 3.69. The number of likely N-dealkylation sites (N-methyl/N-ethyl adjacent to an activating group) is 1. The maximum atomic E-state index is 5.58. The number of rotatable bonds is 4. The van der Waals surface area contributed by atoms with Gasteiger partial charge in [0.05, 0.1) is 42.5 Å². The molecular weight excluding hydrogens is 342 g/mol. The van der Waals surface area contributed by atoms with Gasteiger partial charge in [0.2, 0.25) is 0 Å². The minimum Gasteiger partial charge on any atom is -0.493 e. The largest absolute Gasteiger partial charge is 0.493 e. The Labute approximate surface area is 161 Å². The molecule has 0 N–H and O–H groups in total. The van der Waals surface area contributed by atoms with Crippen molar-refractivity contribution in [3.8, 4) is 23.0 Å². The molecule has 2 aliphatic heterocycles. The zero-order chi connectivity index (χ0) is 19.3. The number of nitrogens with zero attached hydrogens (tertiary/aromatic N) is 1. The first-order chi connectivity index (χ1) is 12.9. The van der Waals surface area contributed by atoms with Crippen LogP contribution in [0.2, 0.25) is 0 Å². The van der Waals surface area contributed by atoms with E-state index in [1.807, 2.05) is 0 Å². The van der Waals surface area contributed by atoms with Crippen LogP contribution in [0.15, 0.2) is 24.3 Å². The highest BCUT2D eigenvalue weighted by molar-refractivity contribution is 5.54. The molecule has 2 aromatic rings. The average Bonchev–Trinajstić information content (AvgIpc) is 2.66. The van der Waals surface area contributed by atoms with E-state index in [1.165, 1.54) is 22.3 Å². The quantitative estimate of drug-likeness (QED) is 0.769. The molecule has 2 aromatic carbocycles. The fourth-order valence-corrected chi connectivity index (χ4v) is 4.89. The molecule has 0 radical (unpaired) electrons. The molecule has 0 saturated carbocycles. The van der Waals surface area contributed by atoms with Crippen LogP contribution in [0.5, 0.6) is 23.0 Å². The monoisotopic (exact) mass is 370 g/mol. The van der Waals surface area contributed by atoms with Gasteiger partial charge in [-0.25, -0.2) is 0 Å². The van der Waals surface area contributed by atoms with E-state index in [2.05, 4.69) is 38.4 Å². The lowest BCUT2D eigenvalue weighted by Gasteiger charge is -2.52. The van der Waals surface area contributed by atoms with Gasteiger partial charge in [-0.3, -0.25) is 0 Å². The number of hydrogen-bond donors (Lipinski definition) is 0. The number of benzene rings is 2. The molecule has 0 fully saturated rings. The number of methoxy groups -OCH3 is 4. The fraction of sp³-hybridized carbons (Fsp3) is 0.455. The first-order valence-corrected chi connectivity index (χ1v) is 9.27. The maximum Gasteiger partial charge on any atom is 0.161 e. The van der Waals surface area contributed by atoms with Gasteiger partial charge in [0.1, 0.15) is 12.1 Å². The molecule has 0 aliphatic carbocycles. The zero-order valence-electron chi connectivity index (χ0n) is 17.0. The van der Waals surface area contributed by atoms with E-state index in [0.29, 0.717) is 12.1 Å². The Hall–Kier alpha value is -2.40. The molecule has 2 atom stereocenters. The first kappa shape index (κ1) is 18.0. The Balaban J connectivity index is 1.89. The zero-order valence-corrected chi connectivity index (χ0v) is 17.0. The van der Waals surface area contributed by atoms with E-state index < -0.39 is 0 Å². The summed E-state index contributed by atoms with van der Waals surface area (Å²) in [7, 11) is 11.4. The van der Waals surface area contributed by atoms with E-state index in [1.54, 1.807) is 28.4 Å². The van der Waals surface area contributed by atoms with Gasteiger partial charge in [-0.1, -0.05) is 0 Å². The van der Waals surface area contributed by atoms with Crippen LogP contribution in [-0.2, 0) is 12.8 Å². The topological polar surface area (TPSA) is 36.9 Å². The minimum atomic E-state index is 0.365. The summed E-state index contributed by atoms with van der Waals surface area (Å²) in [5.41, 5.74) is 5.41. The van der Waals surface area contributed by atoms with E-state index in [-0.39, 0.29) is 0 Å². The summed E-state index contributed by atoms with van der Waals surface area (Å²) in [6.07, 6.45) is 1.92. The third-order valence-electron chi connectivity index (χ3n) is 6.44. The van der Waals surface area contributed by atoms with Crippen LogP contribution in [0.4, 0.5) is 0 Å². The number of quaternary nitrogens is 1. The highest BCUT2D eigenvalue weighted by Crippen LogP contribution is 2.53. The third-order valence-corrected chi connectivity index (χ3v) is 6.44. The lowest BCUT2D eigenvalue weighted by atomic mass is 9.75. The Morgan fingerprint density at radius 2 is 0.963 bits per heavy atom. The first-order valence-electron chi connectivity index (χ1n) is 9.27. The van der Waals surface area contributed by atoms with Crippen LogP contribution < -0.4 is 18.9 Å². The predicted molar refractivity (Wildman–Crippen MR) is 104 cm³/mol. The maximum absolute atomic E-state index is 5.58. The highest BCUT2D eigenvalue weighted by atomic mass is 16.5. The van der Waals surface area contributed by atoms with E-state index >= 15 is 0 Å². The molecule has 5 heteroatoms. The second-order valence-corrected chi connectivity index (χ2v) is 7.88. The summed E-state index contributed by atoms with van der Waals surface area (Å²) in [4.78, 5) is 0. The molecule has 0 aromatic heterocycles. The smallest absolute Gasteiger partial charge is 0.161 e. The van der Waals surface area contributed by atoms with Crippen molar-refractivity contribution in [1.29, 1.82) is 0 Å². The third kappa shape index (κ3) is 2.56. The molecule has 0 spiro atoms. The second-order valence-electron chi connectivity index (χ2n) is 7.88. The van der Waals surface area contributed by atoms with E-state index in [0.717, 1.165) is 40.3 Å². The minimum absolute atomic E-state index is 0.365. The van der Waals surface area contributed by atoms with Crippen molar-refractivity contribution in [2.45, 2.75) is 24.9 Å². The van der Waals surface area contributed by atoms with Crippen LogP contribution in [0, 0.1) is 0 Å². The number of fused-ring (bicyclic) bond motifs is 6. The lowest BCUT2D eigenvalue weighted by Crippen LogP contribution is -2.53. The summed E-state index contributed by atoms with van der Waals surface area (Å²) in [6.45, 7) is 0. The molecule has 0 unspecified atom stereocenters. The molecule has 27 heavy (non-hydrogen) atoms. The van der Waals surface area contributed by atoms with Crippen molar-refractivity contribution in [3.05, 3.63) is 46.5 Å². The van der Waals surface area contributed by atoms with Crippen molar-refractivity contribution in [2.75, 3.05) is 42.5 Å². The highest BCUT2D eigenvalue weighted by Gasteiger charge is 2.49. The van der Waals surface area contributed by atoms with Crippen molar-refractivity contribution in [2.24, 2.45) is 0 Å². The van der Waals surface area contributed by atoms with Gasteiger partial charge in [0.25, 0.3) is 0 Å². The van der Waals surface area contributed by atoms with Crippen molar-refractivity contribution in [3.63, 3.8) is 0 Å². The van der Waals surface area contributed by atoms with Gasteiger partial charge in [-0.05, 0) is 35.4 Å². The number of hydrogen-bond acceptors (Lipinski definition) is 4. The Bertz CT molecular complexity index is 819. The molecule has 144 valence electrons. The van der Waals surface area contributed by atoms with E-state index in [4.69, 9.17) is 18.9 Å². The molecule has 5 nitrogen and oxygen atoms in total. The molecule has 0 saturated heterocycles. The van der Waals surface area contributed by atoms with Gasteiger partial charge in [0.15, 0.2) is 23.0 Å². The SMILES string of the molecule is COc1cc2c(cc1OC)[C@@H]1Cc3cc(OC)c(OC)cc3[C@H](C2)[N+]1(C)C. The Morgan fingerprint density at radius 3 is 1.30 bits per heavy atom. The van der Waals surface area contributed by atoms with Crippen LogP contribution in [0.25, 0.3) is 0 Å². The summed E-state index contributed by atoms with van der Waals surface area (Å²) in [6, 6.07) is 9.37. The summed E-state index contributed by atoms with van der Waals surface area (Å²) >= 11 is 0. The summed E-state index contributed by atoms with van der Waals surface area (Å²) in [5.74, 6) is 3.20. The van der Waals surface area contributed by atoms with Gasteiger partial charge in [0, 0.05) is 24.0 Å². The average molecular weight is 370 g/mol. The van der Waals surface area contributed by atoms with Gasteiger partial charge < -0.3 is 23.4 Å². The van der Waals surface area contributed by atoms with Crippen LogP contribution >= 0.6 is 0 Å². The summed E-state index contributed by atoms with van der Waals surface area (Å²) < 4.78 is 23.2. The summed E-state index contributed by atoms with van der Waals surface area (Å²) in [5, 5.41) is 0. The van der Waals surface area contributed by atoms with E-state index in [9.17, 15) is 0 Å². The lowest BCUT2D eigenvalue weighted by molar-refractivity contribution is -0.955. The van der Waals surface area contributed by atoms with Gasteiger partial charge >= 0.3 is 0 Å². The molecule has 2 aliphatic rings. The fourth-order valence-electron chi connectivity index (χ4n) is 4.89.